The highest BCUT2D eigenvalue weighted by Crippen LogP contribution is 2.38. The third-order valence-electron chi connectivity index (χ3n) is 5.97. The first-order valence-electron chi connectivity index (χ1n) is 10.2. The average molecular weight is 439 g/mol. The van der Waals surface area contributed by atoms with Gasteiger partial charge in [-0.1, -0.05) is 11.6 Å². The molecule has 0 N–H and O–H groups in total. The Labute approximate surface area is 184 Å². The smallest absolute Gasteiger partial charge is 0.255 e. The number of aromatic nitrogens is 3. The fourth-order valence-electron chi connectivity index (χ4n) is 4.56. The van der Waals surface area contributed by atoms with Gasteiger partial charge in [-0.2, -0.15) is 0 Å². The molecule has 158 valence electrons. The van der Waals surface area contributed by atoms with Gasteiger partial charge in [0.1, 0.15) is 11.9 Å². The van der Waals surface area contributed by atoms with E-state index in [1.165, 1.54) is 12.1 Å². The van der Waals surface area contributed by atoms with Gasteiger partial charge >= 0.3 is 0 Å². The Morgan fingerprint density at radius 2 is 1.97 bits per heavy atom. The van der Waals surface area contributed by atoms with E-state index in [2.05, 4.69) is 15.0 Å². The van der Waals surface area contributed by atoms with Gasteiger partial charge in [0.25, 0.3) is 5.91 Å². The molecule has 0 radical (unpaired) electrons. The fourth-order valence-corrected chi connectivity index (χ4v) is 4.67. The van der Waals surface area contributed by atoms with Crippen LogP contribution >= 0.6 is 11.6 Å². The van der Waals surface area contributed by atoms with E-state index < -0.39 is 5.82 Å². The van der Waals surface area contributed by atoms with E-state index in [1.807, 2.05) is 4.90 Å². The van der Waals surface area contributed by atoms with Crippen molar-refractivity contribution in [3.8, 4) is 17.3 Å². The Morgan fingerprint density at radius 1 is 1.13 bits per heavy atom. The number of pyridine rings is 1. The molecule has 1 amide bonds. The molecule has 8 heteroatoms. The van der Waals surface area contributed by atoms with Crippen molar-refractivity contribution in [3.05, 3.63) is 71.4 Å². The number of halogens is 2. The van der Waals surface area contributed by atoms with Crippen molar-refractivity contribution in [1.82, 2.24) is 19.9 Å². The number of ether oxygens (including phenoxy) is 1. The molecule has 31 heavy (non-hydrogen) atoms. The number of hydrogen-bond donors (Lipinski definition) is 0. The molecule has 0 spiro atoms. The van der Waals surface area contributed by atoms with Crippen LogP contribution in [0.2, 0.25) is 5.02 Å². The predicted molar refractivity (Wildman–Crippen MR) is 113 cm³/mol. The summed E-state index contributed by atoms with van der Waals surface area (Å²) in [5, 5.41) is 0.538. The second kappa shape index (κ2) is 8.23. The topological polar surface area (TPSA) is 68.2 Å². The quantitative estimate of drug-likeness (QED) is 0.603. The van der Waals surface area contributed by atoms with Crippen LogP contribution in [-0.4, -0.2) is 44.4 Å². The van der Waals surface area contributed by atoms with Crippen LogP contribution in [0.15, 0.2) is 55.0 Å². The maximum absolute atomic E-state index is 14.1. The van der Waals surface area contributed by atoms with Crippen molar-refractivity contribution in [3.63, 3.8) is 0 Å². The number of piperidine rings is 2. The van der Waals surface area contributed by atoms with Crippen molar-refractivity contribution in [1.29, 1.82) is 0 Å². The molecular formula is C23H20ClFN4O2. The Bertz CT molecular complexity index is 1100. The third kappa shape index (κ3) is 3.97. The Hall–Kier alpha value is -3.06. The maximum atomic E-state index is 14.1. The summed E-state index contributed by atoms with van der Waals surface area (Å²) in [6.07, 6.45) is 7.31. The summed E-state index contributed by atoms with van der Waals surface area (Å²) < 4.78 is 20.3. The molecule has 6 rings (SSSR count). The van der Waals surface area contributed by atoms with Crippen molar-refractivity contribution in [2.75, 3.05) is 6.54 Å². The summed E-state index contributed by atoms with van der Waals surface area (Å²) >= 11 is 5.92. The van der Waals surface area contributed by atoms with E-state index in [-0.39, 0.29) is 23.6 Å². The fraction of sp³-hybridized carbons (Fsp3) is 0.304. The zero-order chi connectivity index (χ0) is 21.4. The number of hydrogen-bond acceptors (Lipinski definition) is 5. The summed E-state index contributed by atoms with van der Waals surface area (Å²) in [5.74, 6) is 0.512. The molecule has 6 nitrogen and oxygen atoms in total. The standard InChI is InChI=1S/C23H20ClFN4O2/c24-15-3-7-21(28-12-15)31-20-10-14-2-6-19(20)29(13-14)23(30)18-11-16(25)4-5-17(18)22-26-8-1-9-27-22/h1,3-5,7-9,11-12,14,19-20H,2,6,10,13H2. The van der Waals surface area contributed by atoms with Gasteiger partial charge in [0.05, 0.1) is 16.6 Å². The van der Waals surface area contributed by atoms with Gasteiger partial charge in [0, 0.05) is 36.8 Å². The number of nitrogens with zero attached hydrogens (tertiary/aromatic N) is 4. The van der Waals surface area contributed by atoms with Crippen LogP contribution in [0, 0.1) is 11.7 Å². The van der Waals surface area contributed by atoms with E-state index in [0.717, 1.165) is 19.3 Å². The number of rotatable bonds is 4. The molecule has 2 aromatic heterocycles. The number of benzene rings is 1. The van der Waals surface area contributed by atoms with Gasteiger partial charge < -0.3 is 9.64 Å². The minimum absolute atomic E-state index is 0.109. The van der Waals surface area contributed by atoms with E-state index in [1.54, 1.807) is 42.9 Å². The normalized spacial score (nSPS) is 22.4. The lowest BCUT2D eigenvalue weighted by molar-refractivity contribution is -0.0313. The lowest BCUT2D eigenvalue weighted by atomic mass is 9.77. The Morgan fingerprint density at radius 3 is 2.71 bits per heavy atom. The molecule has 1 aromatic carbocycles. The molecule has 4 heterocycles. The third-order valence-corrected chi connectivity index (χ3v) is 6.20. The van der Waals surface area contributed by atoms with Crippen molar-refractivity contribution < 1.29 is 13.9 Å². The second-order valence-electron chi connectivity index (χ2n) is 7.94. The molecule has 3 unspecified atom stereocenters. The lowest BCUT2D eigenvalue weighted by Gasteiger charge is -2.49. The highest BCUT2D eigenvalue weighted by atomic mass is 35.5. The van der Waals surface area contributed by atoms with Crippen LogP contribution in [0.1, 0.15) is 29.6 Å². The van der Waals surface area contributed by atoms with Gasteiger partial charge in [-0.3, -0.25) is 4.79 Å². The SMILES string of the molecule is O=C(c1cc(F)ccc1-c1ncccn1)N1CC2CCC1C(Oc1ccc(Cl)cn1)C2. The summed E-state index contributed by atoms with van der Waals surface area (Å²) in [4.78, 5) is 28.1. The molecule has 2 aliphatic heterocycles. The summed E-state index contributed by atoms with van der Waals surface area (Å²) in [6.45, 7) is 0.628. The molecule has 3 aliphatic rings. The van der Waals surface area contributed by atoms with Crippen LogP contribution in [-0.2, 0) is 0 Å². The molecule has 3 fully saturated rings. The molecular weight excluding hydrogens is 419 g/mol. The Balaban J connectivity index is 1.44. The number of carbonyl (C=O) groups excluding carboxylic acids is 1. The second-order valence-corrected chi connectivity index (χ2v) is 8.37. The first-order valence-corrected chi connectivity index (χ1v) is 10.6. The van der Waals surface area contributed by atoms with Gasteiger partial charge in [-0.15, -0.1) is 0 Å². The molecule has 1 saturated carbocycles. The monoisotopic (exact) mass is 438 g/mol. The largest absolute Gasteiger partial charge is 0.472 e. The van der Waals surface area contributed by atoms with Crippen LogP contribution in [0.3, 0.4) is 0 Å². The number of amides is 1. The molecule has 1 aliphatic carbocycles. The number of carbonyl (C=O) groups is 1. The van der Waals surface area contributed by atoms with Crippen molar-refractivity contribution in [2.24, 2.45) is 5.92 Å². The van der Waals surface area contributed by atoms with Gasteiger partial charge in [0.15, 0.2) is 5.82 Å². The van der Waals surface area contributed by atoms with E-state index in [0.29, 0.717) is 34.8 Å². The van der Waals surface area contributed by atoms with Crippen LogP contribution in [0.4, 0.5) is 4.39 Å². The van der Waals surface area contributed by atoms with Gasteiger partial charge in [0.2, 0.25) is 5.88 Å². The molecule has 2 bridgehead atoms. The van der Waals surface area contributed by atoms with Crippen molar-refractivity contribution >= 4 is 17.5 Å². The van der Waals surface area contributed by atoms with Crippen LogP contribution < -0.4 is 4.74 Å². The first kappa shape index (κ1) is 19.9. The lowest BCUT2D eigenvalue weighted by Crippen LogP contribution is -2.59. The van der Waals surface area contributed by atoms with Crippen LogP contribution in [0.5, 0.6) is 5.88 Å². The zero-order valence-electron chi connectivity index (χ0n) is 16.6. The average Bonchev–Trinajstić information content (AvgIpc) is 2.81. The minimum atomic E-state index is -0.469. The maximum Gasteiger partial charge on any atom is 0.255 e. The predicted octanol–water partition coefficient (Wildman–Crippen LogP) is 4.40. The zero-order valence-corrected chi connectivity index (χ0v) is 17.4. The highest BCUT2D eigenvalue weighted by Gasteiger charge is 2.45. The van der Waals surface area contributed by atoms with E-state index in [4.69, 9.17) is 16.3 Å². The molecule has 3 aromatic rings. The molecule has 3 atom stereocenters. The Kier molecular flexibility index (Phi) is 5.28. The number of fused-ring (bicyclic) bond motifs is 3. The summed E-state index contributed by atoms with van der Waals surface area (Å²) in [7, 11) is 0. The highest BCUT2D eigenvalue weighted by molar-refractivity contribution is 6.30. The van der Waals surface area contributed by atoms with Crippen LogP contribution in [0.25, 0.3) is 11.4 Å². The van der Waals surface area contributed by atoms with E-state index >= 15 is 0 Å². The summed E-state index contributed by atoms with van der Waals surface area (Å²) in [6, 6.07) is 9.20. The minimum Gasteiger partial charge on any atom is -0.472 e. The van der Waals surface area contributed by atoms with Gasteiger partial charge in [-0.05, 0) is 55.5 Å². The van der Waals surface area contributed by atoms with Crippen molar-refractivity contribution in [2.45, 2.75) is 31.4 Å². The first-order chi connectivity index (χ1) is 15.1. The molecule has 2 saturated heterocycles. The van der Waals surface area contributed by atoms with Gasteiger partial charge in [-0.25, -0.2) is 19.3 Å². The summed E-state index contributed by atoms with van der Waals surface area (Å²) in [5.41, 5.74) is 0.785. The van der Waals surface area contributed by atoms with E-state index in [9.17, 15) is 9.18 Å².